The highest BCUT2D eigenvalue weighted by Gasteiger charge is 2.13. The molecule has 112 valence electrons. The van der Waals surface area contributed by atoms with Crippen LogP contribution >= 0.6 is 0 Å². The first-order valence-electron chi connectivity index (χ1n) is 7.54. The lowest BCUT2D eigenvalue weighted by molar-refractivity contribution is -0.137. The lowest BCUT2D eigenvalue weighted by Crippen LogP contribution is -2.35. The van der Waals surface area contributed by atoms with Crippen molar-refractivity contribution in [3.05, 3.63) is 35.4 Å². The summed E-state index contributed by atoms with van der Waals surface area (Å²) in [7, 11) is 0. The van der Waals surface area contributed by atoms with Gasteiger partial charge in [0.05, 0.1) is 6.42 Å². The number of carbonyl (C=O) groups is 1. The van der Waals surface area contributed by atoms with Crippen molar-refractivity contribution in [2.75, 3.05) is 6.54 Å². The van der Waals surface area contributed by atoms with Gasteiger partial charge in [-0.25, -0.2) is 0 Å². The van der Waals surface area contributed by atoms with Crippen molar-refractivity contribution in [3.8, 4) is 0 Å². The molecule has 2 N–H and O–H groups in total. The molecule has 0 spiro atoms. The second-order valence-electron chi connectivity index (χ2n) is 5.87. The maximum Gasteiger partial charge on any atom is 0.304 e. The molecule has 1 atom stereocenters. The third kappa shape index (κ3) is 6.71. The molecule has 0 amide bonds. The molecular formula is C17H27NO2. The van der Waals surface area contributed by atoms with Crippen LogP contribution in [0.1, 0.15) is 44.7 Å². The summed E-state index contributed by atoms with van der Waals surface area (Å²) in [4.78, 5) is 10.9. The van der Waals surface area contributed by atoms with Crippen LogP contribution in [0.25, 0.3) is 0 Å². The highest BCUT2D eigenvalue weighted by molar-refractivity contribution is 5.67. The quantitative estimate of drug-likeness (QED) is 0.728. The smallest absolute Gasteiger partial charge is 0.304 e. The van der Waals surface area contributed by atoms with Crippen LogP contribution in [0.4, 0.5) is 0 Å². The molecule has 0 aromatic heterocycles. The summed E-state index contributed by atoms with van der Waals surface area (Å²) in [6.45, 7) is 7.28. The zero-order valence-corrected chi connectivity index (χ0v) is 12.9. The van der Waals surface area contributed by atoms with E-state index >= 15 is 0 Å². The molecule has 0 bridgehead atoms. The molecule has 0 saturated carbocycles. The molecule has 3 heteroatoms. The third-order valence-electron chi connectivity index (χ3n) is 3.28. The van der Waals surface area contributed by atoms with Crippen molar-refractivity contribution >= 4 is 5.97 Å². The van der Waals surface area contributed by atoms with E-state index in [0.717, 1.165) is 25.8 Å². The predicted octanol–water partition coefficient (Wildman–Crippen LogP) is 3.27. The zero-order valence-electron chi connectivity index (χ0n) is 12.9. The van der Waals surface area contributed by atoms with E-state index in [1.54, 1.807) is 0 Å². The largest absolute Gasteiger partial charge is 0.481 e. The van der Waals surface area contributed by atoms with Gasteiger partial charge < -0.3 is 10.4 Å². The van der Waals surface area contributed by atoms with Crippen LogP contribution in [0.5, 0.6) is 0 Å². The first-order valence-corrected chi connectivity index (χ1v) is 7.54. The van der Waals surface area contributed by atoms with E-state index in [4.69, 9.17) is 5.11 Å². The maximum absolute atomic E-state index is 10.9. The van der Waals surface area contributed by atoms with Gasteiger partial charge in [-0.15, -0.1) is 0 Å². The van der Waals surface area contributed by atoms with Gasteiger partial charge in [0.2, 0.25) is 0 Å². The van der Waals surface area contributed by atoms with E-state index in [9.17, 15) is 4.79 Å². The fraction of sp³-hybridized carbons (Fsp3) is 0.588. The molecule has 0 radical (unpaired) electrons. The minimum atomic E-state index is -0.742. The summed E-state index contributed by atoms with van der Waals surface area (Å²) in [5.74, 6) is -0.216. The van der Waals surface area contributed by atoms with Crippen molar-refractivity contribution in [1.29, 1.82) is 0 Å². The van der Waals surface area contributed by atoms with Crippen LogP contribution in [-0.4, -0.2) is 23.7 Å². The Labute approximate surface area is 122 Å². The molecule has 0 aliphatic rings. The average Bonchev–Trinajstić information content (AvgIpc) is 2.38. The van der Waals surface area contributed by atoms with Crippen LogP contribution in [0, 0.1) is 5.92 Å². The highest BCUT2D eigenvalue weighted by Crippen LogP contribution is 2.10. The number of hydrogen-bond donors (Lipinski definition) is 2. The lowest BCUT2D eigenvalue weighted by Gasteiger charge is -2.18. The summed E-state index contributed by atoms with van der Waals surface area (Å²) < 4.78 is 0. The number of rotatable bonds is 9. The van der Waals surface area contributed by atoms with Crippen LogP contribution in [-0.2, 0) is 17.6 Å². The van der Waals surface area contributed by atoms with E-state index < -0.39 is 5.97 Å². The van der Waals surface area contributed by atoms with Crippen molar-refractivity contribution < 1.29 is 9.90 Å². The minimum absolute atomic E-state index is 0.00641. The van der Waals surface area contributed by atoms with Crippen molar-refractivity contribution in [2.24, 2.45) is 5.92 Å². The summed E-state index contributed by atoms with van der Waals surface area (Å²) in [5.41, 5.74) is 2.55. The minimum Gasteiger partial charge on any atom is -0.481 e. The van der Waals surface area contributed by atoms with Crippen LogP contribution in [0.15, 0.2) is 24.3 Å². The Morgan fingerprint density at radius 2 is 1.80 bits per heavy atom. The second-order valence-corrected chi connectivity index (χ2v) is 5.87. The van der Waals surface area contributed by atoms with Gasteiger partial charge in [0.25, 0.3) is 0 Å². The Balaban J connectivity index is 2.60. The summed E-state index contributed by atoms with van der Waals surface area (Å²) >= 11 is 0. The predicted molar refractivity (Wildman–Crippen MR) is 83.0 cm³/mol. The summed E-state index contributed by atoms with van der Waals surface area (Å²) in [6, 6.07) is 8.55. The molecule has 0 aliphatic carbocycles. The van der Waals surface area contributed by atoms with Gasteiger partial charge >= 0.3 is 5.97 Å². The molecule has 3 nitrogen and oxygen atoms in total. The van der Waals surface area contributed by atoms with E-state index in [1.807, 2.05) is 0 Å². The molecule has 1 rings (SSSR count). The van der Waals surface area contributed by atoms with Crippen molar-refractivity contribution in [1.82, 2.24) is 5.32 Å². The van der Waals surface area contributed by atoms with Gasteiger partial charge in [-0.05, 0) is 36.4 Å². The Bertz CT molecular complexity index is 398. The number of aryl methyl sites for hydroxylation is 1. The Hall–Kier alpha value is -1.35. The van der Waals surface area contributed by atoms with Gasteiger partial charge in [0.15, 0.2) is 0 Å². The Morgan fingerprint density at radius 3 is 2.30 bits per heavy atom. The fourth-order valence-corrected chi connectivity index (χ4v) is 2.24. The number of aliphatic carboxylic acids is 1. The van der Waals surface area contributed by atoms with Crippen LogP contribution in [0.2, 0.25) is 0 Å². The van der Waals surface area contributed by atoms with Gasteiger partial charge in [0.1, 0.15) is 0 Å². The Kier molecular flexibility index (Phi) is 7.31. The first-order chi connectivity index (χ1) is 9.51. The molecule has 0 aliphatic heterocycles. The van der Waals surface area contributed by atoms with Crippen molar-refractivity contribution in [2.45, 2.75) is 52.5 Å². The highest BCUT2D eigenvalue weighted by atomic mass is 16.4. The molecule has 20 heavy (non-hydrogen) atoms. The van der Waals surface area contributed by atoms with E-state index in [-0.39, 0.29) is 12.5 Å². The van der Waals surface area contributed by atoms with E-state index in [2.05, 4.69) is 50.4 Å². The third-order valence-corrected chi connectivity index (χ3v) is 3.28. The maximum atomic E-state index is 10.9. The number of nitrogens with one attached hydrogen (secondary N) is 1. The number of carboxylic acid groups (broad SMARTS) is 1. The topological polar surface area (TPSA) is 49.3 Å². The number of carboxylic acids is 1. The fourth-order valence-electron chi connectivity index (χ4n) is 2.24. The molecular weight excluding hydrogens is 250 g/mol. The second kappa shape index (κ2) is 8.75. The normalized spacial score (nSPS) is 12.6. The first kappa shape index (κ1) is 16.7. The molecule has 0 saturated heterocycles. The molecule has 0 fully saturated rings. The number of benzene rings is 1. The van der Waals surface area contributed by atoms with E-state index in [0.29, 0.717) is 5.92 Å². The van der Waals surface area contributed by atoms with Gasteiger partial charge in [-0.1, -0.05) is 51.5 Å². The molecule has 1 unspecified atom stereocenters. The number of hydrogen-bond acceptors (Lipinski definition) is 2. The van der Waals surface area contributed by atoms with Gasteiger partial charge in [-0.3, -0.25) is 4.79 Å². The van der Waals surface area contributed by atoms with E-state index in [1.165, 1.54) is 11.1 Å². The molecule has 1 aromatic carbocycles. The standard InChI is InChI=1S/C17H27NO2/c1-4-5-14-6-8-15(9-7-14)10-16(11-17(19)20)18-12-13(2)3/h6-9,13,16,18H,4-5,10-12H2,1-3H3,(H,19,20). The van der Waals surface area contributed by atoms with Crippen molar-refractivity contribution in [3.63, 3.8) is 0 Å². The zero-order chi connectivity index (χ0) is 15.0. The molecule has 1 aromatic rings. The molecule has 0 heterocycles. The summed E-state index contributed by atoms with van der Waals surface area (Å²) in [5, 5.41) is 12.4. The van der Waals surface area contributed by atoms with Crippen LogP contribution in [0.3, 0.4) is 0 Å². The van der Waals surface area contributed by atoms with Gasteiger partial charge in [0, 0.05) is 6.04 Å². The van der Waals surface area contributed by atoms with Crippen LogP contribution < -0.4 is 5.32 Å². The average molecular weight is 277 g/mol. The summed E-state index contributed by atoms with van der Waals surface area (Å²) in [6.07, 6.45) is 3.19. The lowest BCUT2D eigenvalue weighted by atomic mass is 10.0. The monoisotopic (exact) mass is 277 g/mol. The Morgan fingerprint density at radius 1 is 1.20 bits per heavy atom. The SMILES string of the molecule is CCCc1ccc(CC(CC(=O)O)NCC(C)C)cc1. The van der Waals surface area contributed by atoms with Gasteiger partial charge in [-0.2, -0.15) is 0 Å².